The molecule has 0 heterocycles. The normalized spacial score (nSPS) is 20.3. The van der Waals surface area contributed by atoms with Crippen LogP contribution in [0.25, 0.3) is 0 Å². The summed E-state index contributed by atoms with van der Waals surface area (Å²) < 4.78 is 0. The Balaban J connectivity index is 2.49. The van der Waals surface area contributed by atoms with E-state index in [0.717, 1.165) is 32.1 Å². The molecule has 4 heteroatoms. The number of hydrogen-bond donors (Lipinski definition) is 1. The van der Waals surface area contributed by atoms with Crippen molar-refractivity contribution in [3.8, 4) is 6.07 Å². The van der Waals surface area contributed by atoms with Crippen LogP contribution in [0.1, 0.15) is 39.0 Å². The fourth-order valence-corrected chi connectivity index (χ4v) is 1.56. The number of hydroxylamine groups is 1. The molecule has 72 valence electrons. The molecular weight excluding hydrogens is 168 g/mol. The standard InChI is InChI=1S/C9H14N2O2/c1-8(12)13-11-9(7-10)5-3-2-4-6-9/h11H,2-6H2,1H3. The molecule has 13 heavy (non-hydrogen) atoms. The zero-order chi connectivity index (χ0) is 9.73. The van der Waals surface area contributed by atoms with Crippen LogP contribution in [0.2, 0.25) is 0 Å². The van der Waals surface area contributed by atoms with E-state index in [9.17, 15) is 4.79 Å². The Morgan fingerprint density at radius 2 is 2.08 bits per heavy atom. The van der Waals surface area contributed by atoms with Crippen LogP contribution in [0.15, 0.2) is 0 Å². The Hall–Kier alpha value is -1.08. The largest absolute Gasteiger partial charge is 0.369 e. The second kappa shape index (κ2) is 4.24. The molecule has 0 aromatic carbocycles. The Morgan fingerprint density at radius 3 is 2.54 bits per heavy atom. The van der Waals surface area contributed by atoms with Gasteiger partial charge in [-0.25, -0.2) is 0 Å². The summed E-state index contributed by atoms with van der Waals surface area (Å²) >= 11 is 0. The van der Waals surface area contributed by atoms with E-state index >= 15 is 0 Å². The van der Waals surface area contributed by atoms with Gasteiger partial charge in [-0.2, -0.15) is 5.26 Å². The minimum Gasteiger partial charge on any atom is -0.369 e. The minimum absolute atomic E-state index is 0.403. The molecule has 0 unspecified atom stereocenters. The predicted molar refractivity (Wildman–Crippen MR) is 46.3 cm³/mol. The number of nitriles is 1. The quantitative estimate of drug-likeness (QED) is 0.653. The molecule has 0 atom stereocenters. The first kappa shape index (κ1) is 10.0. The van der Waals surface area contributed by atoms with Crippen molar-refractivity contribution in [2.75, 3.05) is 0 Å². The van der Waals surface area contributed by atoms with Gasteiger partial charge in [-0.15, -0.1) is 5.48 Å². The van der Waals surface area contributed by atoms with E-state index in [4.69, 9.17) is 5.26 Å². The third-order valence-corrected chi connectivity index (χ3v) is 2.31. The number of nitrogens with zero attached hydrogens (tertiary/aromatic N) is 1. The molecule has 4 nitrogen and oxygen atoms in total. The lowest BCUT2D eigenvalue weighted by Gasteiger charge is -2.29. The zero-order valence-corrected chi connectivity index (χ0v) is 7.80. The lowest BCUT2D eigenvalue weighted by Crippen LogP contribution is -2.46. The van der Waals surface area contributed by atoms with Gasteiger partial charge < -0.3 is 4.84 Å². The first-order chi connectivity index (χ1) is 6.18. The highest BCUT2D eigenvalue weighted by Gasteiger charge is 2.33. The summed E-state index contributed by atoms with van der Waals surface area (Å²) in [6, 6.07) is 2.18. The molecule has 1 saturated carbocycles. The van der Waals surface area contributed by atoms with Gasteiger partial charge in [-0.3, -0.25) is 4.79 Å². The van der Waals surface area contributed by atoms with E-state index in [1.54, 1.807) is 0 Å². The van der Waals surface area contributed by atoms with Crippen LogP contribution in [0.3, 0.4) is 0 Å². The van der Waals surface area contributed by atoms with Crippen LogP contribution in [-0.2, 0) is 9.63 Å². The van der Waals surface area contributed by atoms with E-state index in [1.807, 2.05) is 0 Å². The number of carbonyl (C=O) groups excluding carboxylic acids is 1. The average molecular weight is 182 g/mol. The summed E-state index contributed by atoms with van der Waals surface area (Å²) in [5, 5.41) is 8.95. The summed E-state index contributed by atoms with van der Waals surface area (Å²) in [5.74, 6) is -0.403. The van der Waals surface area contributed by atoms with Crippen molar-refractivity contribution in [1.82, 2.24) is 5.48 Å². The van der Waals surface area contributed by atoms with E-state index in [1.165, 1.54) is 6.92 Å². The maximum Gasteiger partial charge on any atom is 0.321 e. The van der Waals surface area contributed by atoms with E-state index in [0.29, 0.717) is 0 Å². The number of carbonyl (C=O) groups is 1. The number of hydrogen-bond acceptors (Lipinski definition) is 4. The first-order valence-electron chi connectivity index (χ1n) is 4.54. The van der Waals surface area contributed by atoms with Crippen LogP contribution in [0.5, 0.6) is 0 Å². The SMILES string of the molecule is CC(=O)ONC1(C#N)CCCCC1. The van der Waals surface area contributed by atoms with Gasteiger partial charge in [-0.1, -0.05) is 19.3 Å². The Morgan fingerprint density at radius 1 is 1.46 bits per heavy atom. The lowest BCUT2D eigenvalue weighted by molar-refractivity contribution is -0.152. The molecule has 1 aliphatic carbocycles. The average Bonchev–Trinajstić information content (AvgIpc) is 2.16. The van der Waals surface area contributed by atoms with Gasteiger partial charge in [0, 0.05) is 6.92 Å². The third-order valence-electron chi connectivity index (χ3n) is 2.31. The molecule has 0 radical (unpaired) electrons. The molecule has 1 fully saturated rings. The highest BCUT2D eigenvalue weighted by atomic mass is 16.7. The molecule has 0 bridgehead atoms. The van der Waals surface area contributed by atoms with Crippen molar-refractivity contribution in [2.45, 2.75) is 44.6 Å². The van der Waals surface area contributed by atoms with Crippen LogP contribution in [-0.4, -0.2) is 11.5 Å². The van der Waals surface area contributed by atoms with Crippen molar-refractivity contribution in [3.63, 3.8) is 0 Å². The third kappa shape index (κ3) is 2.71. The highest BCUT2D eigenvalue weighted by molar-refractivity contribution is 5.65. The maximum absolute atomic E-state index is 10.6. The van der Waals surface area contributed by atoms with Crippen molar-refractivity contribution in [1.29, 1.82) is 5.26 Å². The van der Waals surface area contributed by atoms with Crippen LogP contribution in [0.4, 0.5) is 0 Å². The predicted octanol–water partition coefficient (Wildman–Crippen LogP) is 1.28. The molecule has 0 amide bonds. The van der Waals surface area contributed by atoms with Gasteiger partial charge in [-0.05, 0) is 12.8 Å². The summed E-state index contributed by atoms with van der Waals surface area (Å²) in [4.78, 5) is 15.2. The van der Waals surface area contributed by atoms with E-state index < -0.39 is 11.5 Å². The molecule has 0 aromatic heterocycles. The smallest absolute Gasteiger partial charge is 0.321 e. The number of nitrogens with one attached hydrogen (secondary N) is 1. The van der Waals surface area contributed by atoms with Gasteiger partial charge in [0.05, 0.1) is 6.07 Å². The van der Waals surface area contributed by atoms with E-state index in [-0.39, 0.29) is 0 Å². The Labute approximate surface area is 77.8 Å². The summed E-state index contributed by atoms with van der Waals surface area (Å²) in [5.41, 5.74) is 1.94. The molecule has 1 rings (SSSR count). The van der Waals surface area contributed by atoms with Crippen molar-refractivity contribution in [3.05, 3.63) is 0 Å². The first-order valence-corrected chi connectivity index (χ1v) is 4.54. The van der Waals surface area contributed by atoms with Crippen molar-refractivity contribution < 1.29 is 9.63 Å². The van der Waals surface area contributed by atoms with Gasteiger partial charge in [0.1, 0.15) is 5.54 Å². The summed E-state index contributed by atoms with van der Waals surface area (Å²) in [6.45, 7) is 1.32. The fourth-order valence-electron chi connectivity index (χ4n) is 1.56. The van der Waals surface area contributed by atoms with Crippen molar-refractivity contribution >= 4 is 5.97 Å². The van der Waals surface area contributed by atoms with Crippen LogP contribution in [0, 0.1) is 11.3 Å². The topological polar surface area (TPSA) is 62.1 Å². The molecule has 1 aliphatic rings. The van der Waals surface area contributed by atoms with Gasteiger partial charge in [0.15, 0.2) is 0 Å². The Bertz CT molecular complexity index is 226. The Kier molecular flexibility index (Phi) is 3.26. The second-order valence-corrected chi connectivity index (χ2v) is 3.45. The molecule has 0 aromatic rings. The van der Waals surface area contributed by atoms with E-state index in [2.05, 4.69) is 16.4 Å². The minimum atomic E-state index is -0.635. The number of rotatable bonds is 2. The molecule has 1 N–H and O–H groups in total. The van der Waals surface area contributed by atoms with Crippen LogP contribution >= 0.6 is 0 Å². The molecule has 0 aliphatic heterocycles. The molecular formula is C9H14N2O2. The monoisotopic (exact) mass is 182 g/mol. The van der Waals surface area contributed by atoms with Crippen LogP contribution < -0.4 is 5.48 Å². The summed E-state index contributed by atoms with van der Waals surface area (Å²) in [7, 11) is 0. The van der Waals surface area contributed by atoms with Crippen molar-refractivity contribution in [2.24, 2.45) is 0 Å². The lowest BCUT2D eigenvalue weighted by atomic mass is 9.84. The fraction of sp³-hybridized carbons (Fsp3) is 0.778. The maximum atomic E-state index is 10.6. The zero-order valence-electron chi connectivity index (χ0n) is 7.80. The molecule has 0 saturated heterocycles. The summed E-state index contributed by atoms with van der Waals surface area (Å²) in [6.07, 6.45) is 4.71. The van der Waals surface area contributed by atoms with Gasteiger partial charge >= 0.3 is 5.97 Å². The highest BCUT2D eigenvalue weighted by Crippen LogP contribution is 2.27. The van der Waals surface area contributed by atoms with Gasteiger partial charge in [0.25, 0.3) is 0 Å². The van der Waals surface area contributed by atoms with Gasteiger partial charge in [0.2, 0.25) is 0 Å². The molecule has 0 spiro atoms. The second-order valence-electron chi connectivity index (χ2n) is 3.45.